The third-order valence-corrected chi connectivity index (χ3v) is 8.43. The number of aryl methyl sites for hydroxylation is 3. The van der Waals surface area contributed by atoms with Gasteiger partial charge in [0.25, 0.3) is 0 Å². The molecule has 0 radical (unpaired) electrons. The van der Waals surface area contributed by atoms with Crippen molar-refractivity contribution < 1.29 is 13.2 Å². The van der Waals surface area contributed by atoms with Crippen LogP contribution in [0.15, 0.2) is 17.0 Å². The number of carbonyl (C=O) groups excluding carboxylic acids is 1. The van der Waals surface area contributed by atoms with Crippen LogP contribution in [-0.2, 0) is 14.8 Å². The minimum absolute atomic E-state index is 0.0468. The highest BCUT2D eigenvalue weighted by Crippen LogP contribution is 2.33. The fourth-order valence-electron chi connectivity index (χ4n) is 4.54. The number of hydrogen-bond acceptors (Lipinski definition) is 3. The molecule has 0 bridgehead atoms. The lowest BCUT2D eigenvalue weighted by Crippen LogP contribution is -2.45. The third-order valence-electron chi connectivity index (χ3n) is 6.22. The van der Waals surface area contributed by atoms with Crippen molar-refractivity contribution in [3.63, 3.8) is 0 Å². The molecule has 1 saturated heterocycles. The fourth-order valence-corrected chi connectivity index (χ4v) is 6.42. The highest BCUT2D eigenvalue weighted by Gasteiger charge is 2.39. The van der Waals surface area contributed by atoms with E-state index in [0.29, 0.717) is 42.8 Å². The lowest BCUT2D eigenvalue weighted by molar-refractivity contribution is -0.137. The normalized spacial score (nSPS) is 19.0. The quantitative estimate of drug-likeness (QED) is 0.669. The van der Waals surface area contributed by atoms with Crippen molar-refractivity contribution >= 4 is 15.9 Å². The van der Waals surface area contributed by atoms with Crippen molar-refractivity contribution in [3.8, 4) is 0 Å². The van der Waals surface area contributed by atoms with Gasteiger partial charge in [-0.05, 0) is 69.9 Å². The first-order chi connectivity index (χ1) is 13.6. The van der Waals surface area contributed by atoms with Crippen LogP contribution in [-0.4, -0.2) is 49.2 Å². The van der Waals surface area contributed by atoms with E-state index in [-0.39, 0.29) is 11.8 Å². The lowest BCUT2D eigenvalue weighted by atomic mass is 9.96. The molecule has 0 spiro atoms. The van der Waals surface area contributed by atoms with Gasteiger partial charge in [0.2, 0.25) is 15.9 Å². The lowest BCUT2D eigenvalue weighted by Gasteiger charge is -2.34. The summed E-state index contributed by atoms with van der Waals surface area (Å²) in [6.07, 6.45) is 4.49. The molecule has 6 heteroatoms. The average molecular weight is 421 g/mol. The smallest absolute Gasteiger partial charge is 0.243 e. The fraction of sp³-hybridized carbons (Fsp3) is 0.696. The molecule has 1 aliphatic carbocycles. The van der Waals surface area contributed by atoms with Gasteiger partial charge in [-0.3, -0.25) is 4.79 Å². The van der Waals surface area contributed by atoms with Crippen LogP contribution < -0.4 is 0 Å². The largest absolute Gasteiger partial charge is 0.339 e. The Balaban J connectivity index is 1.67. The molecule has 2 fully saturated rings. The maximum absolute atomic E-state index is 13.3. The summed E-state index contributed by atoms with van der Waals surface area (Å²) >= 11 is 0. The molecule has 0 atom stereocenters. The minimum atomic E-state index is -3.53. The second kappa shape index (κ2) is 8.76. The highest BCUT2D eigenvalue weighted by molar-refractivity contribution is 7.89. The Morgan fingerprint density at radius 1 is 1.07 bits per heavy atom. The molecular weight excluding hydrogens is 384 g/mol. The zero-order valence-corrected chi connectivity index (χ0v) is 19.4. The Morgan fingerprint density at radius 3 is 2.10 bits per heavy atom. The van der Waals surface area contributed by atoms with Gasteiger partial charge in [0.05, 0.1) is 4.90 Å². The topological polar surface area (TPSA) is 57.7 Å². The van der Waals surface area contributed by atoms with E-state index in [0.717, 1.165) is 42.5 Å². The van der Waals surface area contributed by atoms with Gasteiger partial charge in [0, 0.05) is 31.6 Å². The van der Waals surface area contributed by atoms with E-state index < -0.39 is 10.0 Å². The Hall–Kier alpha value is -1.40. The van der Waals surface area contributed by atoms with Crippen LogP contribution in [0.25, 0.3) is 0 Å². The van der Waals surface area contributed by atoms with Crippen LogP contribution in [0, 0.1) is 32.6 Å². The molecule has 2 aliphatic rings. The van der Waals surface area contributed by atoms with E-state index in [9.17, 15) is 13.2 Å². The SMILES string of the molecule is Cc1cc(C)c(S(=O)(=O)N2CCC(C(=O)N(CCC(C)C)C3CC3)CC2)c(C)c1. The average Bonchev–Trinajstić information content (AvgIpc) is 3.45. The maximum atomic E-state index is 13.3. The molecule has 1 saturated carbocycles. The van der Waals surface area contributed by atoms with Crippen molar-refractivity contribution in [1.82, 2.24) is 9.21 Å². The van der Waals surface area contributed by atoms with E-state index in [1.54, 1.807) is 4.31 Å². The Kier molecular flexibility index (Phi) is 6.74. The summed E-state index contributed by atoms with van der Waals surface area (Å²) in [7, 11) is -3.53. The van der Waals surface area contributed by atoms with Gasteiger partial charge < -0.3 is 4.90 Å². The first-order valence-corrected chi connectivity index (χ1v) is 12.4. The van der Waals surface area contributed by atoms with Crippen molar-refractivity contribution in [1.29, 1.82) is 0 Å². The molecule has 5 nitrogen and oxygen atoms in total. The van der Waals surface area contributed by atoms with E-state index in [1.807, 2.05) is 32.9 Å². The van der Waals surface area contributed by atoms with Crippen LogP contribution in [0.4, 0.5) is 0 Å². The molecule has 1 aliphatic heterocycles. The second-order valence-electron chi connectivity index (χ2n) is 9.35. The molecule has 0 unspecified atom stereocenters. The summed E-state index contributed by atoms with van der Waals surface area (Å²) in [6, 6.07) is 4.28. The molecule has 162 valence electrons. The number of sulfonamides is 1. The first kappa shape index (κ1) is 22.3. The number of nitrogens with zero attached hydrogens (tertiary/aromatic N) is 2. The summed E-state index contributed by atoms with van der Waals surface area (Å²) in [4.78, 5) is 15.6. The number of amides is 1. The van der Waals surface area contributed by atoms with Gasteiger partial charge in [-0.2, -0.15) is 4.31 Å². The summed E-state index contributed by atoms with van der Waals surface area (Å²) < 4.78 is 28.1. The number of carbonyl (C=O) groups is 1. The van der Waals surface area contributed by atoms with Crippen LogP contribution in [0.2, 0.25) is 0 Å². The number of benzene rings is 1. The third kappa shape index (κ3) is 5.02. The van der Waals surface area contributed by atoms with Crippen LogP contribution in [0.3, 0.4) is 0 Å². The van der Waals surface area contributed by atoms with Gasteiger partial charge in [-0.1, -0.05) is 31.5 Å². The summed E-state index contributed by atoms with van der Waals surface area (Å²) in [5, 5.41) is 0. The molecule has 0 aromatic heterocycles. The predicted octanol–water partition coefficient (Wildman–Crippen LogP) is 4.05. The molecule has 0 N–H and O–H groups in total. The Morgan fingerprint density at radius 2 is 1.62 bits per heavy atom. The van der Waals surface area contributed by atoms with Gasteiger partial charge in [0.15, 0.2) is 0 Å². The zero-order valence-electron chi connectivity index (χ0n) is 18.6. The van der Waals surface area contributed by atoms with Crippen LogP contribution in [0.5, 0.6) is 0 Å². The van der Waals surface area contributed by atoms with Crippen molar-refractivity contribution in [2.75, 3.05) is 19.6 Å². The maximum Gasteiger partial charge on any atom is 0.243 e. The van der Waals surface area contributed by atoms with Gasteiger partial charge in [-0.25, -0.2) is 8.42 Å². The van der Waals surface area contributed by atoms with Crippen molar-refractivity contribution in [2.45, 2.75) is 77.7 Å². The van der Waals surface area contributed by atoms with E-state index >= 15 is 0 Å². The molecule has 1 amide bonds. The van der Waals surface area contributed by atoms with Crippen LogP contribution >= 0.6 is 0 Å². The molecule has 3 rings (SSSR count). The molecule has 1 heterocycles. The summed E-state index contributed by atoms with van der Waals surface area (Å²) in [5.74, 6) is 0.777. The molecule has 29 heavy (non-hydrogen) atoms. The van der Waals surface area contributed by atoms with Gasteiger partial charge in [0.1, 0.15) is 0 Å². The monoisotopic (exact) mass is 420 g/mol. The van der Waals surface area contributed by atoms with E-state index in [2.05, 4.69) is 18.7 Å². The summed E-state index contributed by atoms with van der Waals surface area (Å²) in [6.45, 7) is 11.8. The Bertz CT molecular complexity index is 828. The number of hydrogen-bond donors (Lipinski definition) is 0. The second-order valence-corrected chi connectivity index (χ2v) is 11.2. The van der Waals surface area contributed by atoms with Crippen molar-refractivity contribution in [3.05, 3.63) is 28.8 Å². The predicted molar refractivity (Wildman–Crippen MR) is 116 cm³/mol. The zero-order chi connectivity index (χ0) is 21.3. The standard InChI is InChI=1S/C23H36N2O3S/c1-16(2)8-13-25(21-6-7-21)23(26)20-9-11-24(12-10-20)29(27,28)22-18(4)14-17(3)15-19(22)5/h14-16,20-21H,6-13H2,1-5H3. The van der Waals surface area contributed by atoms with E-state index in [1.165, 1.54) is 0 Å². The molecular formula is C23H36N2O3S. The highest BCUT2D eigenvalue weighted by atomic mass is 32.2. The van der Waals surface area contributed by atoms with Crippen LogP contribution in [0.1, 0.15) is 62.6 Å². The Labute approximate surface area is 176 Å². The first-order valence-electron chi connectivity index (χ1n) is 11.0. The van der Waals surface area contributed by atoms with Gasteiger partial charge >= 0.3 is 0 Å². The number of rotatable bonds is 7. The van der Waals surface area contributed by atoms with Gasteiger partial charge in [-0.15, -0.1) is 0 Å². The number of piperidine rings is 1. The van der Waals surface area contributed by atoms with Crippen molar-refractivity contribution in [2.24, 2.45) is 11.8 Å². The minimum Gasteiger partial charge on any atom is -0.339 e. The van der Waals surface area contributed by atoms with E-state index in [4.69, 9.17) is 0 Å². The summed E-state index contributed by atoms with van der Waals surface area (Å²) in [5.41, 5.74) is 2.67. The molecule has 1 aromatic rings. The molecule has 1 aromatic carbocycles.